The molecule has 0 saturated carbocycles. The summed E-state index contributed by atoms with van der Waals surface area (Å²) < 4.78 is 5.04. The van der Waals surface area contributed by atoms with Gasteiger partial charge < -0.3 is 9.52 Å². The lowest BCUT2D eigenvalue weighted by atomic mass is 10.2. The molecule has 1 heterocycles. The van der Waals surface area contributed by atoms with Gasteiger partial charge in [0.25, 0.3) is 5.22 Å². The molecule has 0 saturated heterocycles. The number of hydrogen-bond donors (Lipinski definition) is 1. The van der Waals surface area contributed by atoms with Crippen molar-refractivity contribution in [3.05, 3.63) is 42.3 Å². The molecular formula is C10H7NO3S. The lowest BCUT2D eigenvalue weighted by Gasteiger charge is -1.98. The van der Waals surface area contributed by atoms with Crippen molar-refractivity contribution >= 4 is 17.7 Å². The third-order valence-electron chi connectivity index (χ3n) is 1.70. The summed E-state index contributed by atoms with van der Waals surface area (Å²) in [6.07, 6.45) is 3.02. The molecule has 15 heavy (non-hydrogen) atoms. The highest BCUT2D eigenvalue weighted by atomic mass is 32.2. The number of aromatic nitrogens is 1. The van der Waals surface area contributed by atoms with Crippen LogP contribution in [0.1, 0.15) is 10.4 Å². The summed E-state index contributed by atoms with van der Waals surface area (Å²) in [4.78, 5) is 15.4. The van der Waals surface area contributed by atoms with Gasteiger partial charge in [-0.2, -0.15) is 0 Å². The first kappa shape index (κ1) is 9.79. The van der Waals surface area contributed by atoms with Crippen LogP contribution in [0.2, 0.25) is 0 Å². The van der Waals surface area contributed by atoms with Crippen LogP contribution in [0.5, 0.6) is 0 Å². The number of rotatable bonds is 3. The maximum absolute atomic E-state index is 10.7. The van der Waals surface area contributed by atoms with Crippen LogP contribution >= 0.6 is 11.8 Å². The van der Waals surface area contributed by atoms with Crippen molar-refractivity contribution < 1.29 is 14.3 Å². The number of nitrogens with zero attached hydrogens (tertiary/aromatic N) is 1. The van der Waals surface area contributed by atoms with Gasteiger partial charge in [-0.3, -0.25) is 0 Å². The minimum atomic E-state index is -0.940. The first-order valence-corrected chi connectivity index (χ1v) is 4.98. The van der Waals surface area contributed by atoms with Crippen molar-refractivity contribution in [3.63, 3.8) is 0 Å². The van der Waals surface area contributed by atoms with Crippen molar-refractivity contribution in [3.8, 4) is 0 Å². The maximum Gasteiger partial charge on any atom is 0.335 e. The predicted octanol–water partition coefficient (Wildman–Crippen LogP) is 2.52. The zero-order valence-corrected chi connectivity index (χ0v) is 8.40. The van der Waals surface area contributed by atoms with E-state index in [2.05, 4.69) is 4.98 Å². The number of hydrogen-bond acceptors (Lipinski definition) is 4. The van der Waals surface area contributed by atoms with Gasteiger partial charge in [-0.25, -0.2) is 9.78 Å². The molecule has 0 unspecified atom stereocenters. The lowest BCUT2D eigenvalue weighted by Crippen LogP contribution is -1.95. The van der Waals surface area contributed by atoms with Crippen molar-refractivity contribution in [1.29, 1.82) is 0 Å². The van der Waals surface area contributed by atoms with Crippen LogP contribution in [0.25, 0.3) is 0 Å². The van der Waals surface area contributed by atoms with E-state index in [-0.39, 0.29) is 5.56 Å². The van der Waals surface area contributed by atoms with E-state index < -0.39 is 5.97 Å². The van der Waals surface area contributed by atoms with E-state index in [1.54, 1.807) is 30.5 Å². The molecule has 0 spiro atoms. The van der Waals surface area contributed by atoms with Gasteiger partial charge in [-0.1, -0.05) is 6.07 Å². The zero-order chi connectivity index (χ0) is 10.7. The highest BCUT2D eigenvalue weighted by molar-refractivity contribution is 7.99. The van der Waals surface area contributed by atoms with Crippen LogP contribution in [-0.2, 0) is 0 Å². The molecule has 0 bridgehead atoms. The second-order valence-corrected chi connectivity index (χ2v) is 3.76. The third kappa shape index (κ3) is 2.38. The van der Waals surface area contributed by atoms with Crippen LogP contribution < -0.4 is 0 Å². The molecule has 0 atom stereocenters. The van der Waals surface area contributed by atoms with E-state index in [0.29, 0.717) is 5.22 Å². The summed E-state index contributed by atoms with van der Waals surface area (Å²) in [6.45, 7) is 0. The second-order valence-electron chi connectivity index (χ2n) is 2.73. The van der Waals surface area contributed by atoms with Gasteiger partial charge in [0.2, 0.25) is 0 Å². The van der Waals surface area contributed by atoms with E-state index >= 15 is 0 Å². The molecule has 0 fully saturated rings. The minimum Gasteiger partial charge on any atom is -0.478 e. The van der Waals surface area contributed by atoms with Gasteiger partial charge in [0.1, 0.15) is 6.26 Å². The van der Waals surface area contributed by atoms with E-state index in [1.807, 2.05) is 0 Å². The number of carbonyl (C=O) groups is 1. The molecule has 2 rings (SSSR count). The van der Waals surface area contributed by atoms with Crippen LogP contribution in [0.3, 0.4) is 0 Å². The minimum absolute atomic E-state index is 0.256. The molecule has 0 aliphatic rings. The van der Waals surface area contributed by atoms with Crippen LogP contribution in [0.15, 0.2) is 51.3 Å². The van der Waals surface area contributed by atoms with Crippen LogP contribution in [0, 0.1) is 0 Å². The van der Waals surface area contributed by atoms with E-state index in [4.69, 9.17) is 9.52 Å². The Labute approximate surface area is 89.9 Å². The molecule has 1 N–H and O–H groups in total. The molecule has 0 amide bonds. The Balaban J connectivity index is 2.22. The number of aromatic carboxylic acids is 1. The summed E-state index contributed by atoms with van der Waals surface area (Å²) >= 11 is 1.28. The summed E-state index contributed by atoms with van der Waals surface area (Å²) in [7, 11) is 0. The molecule has 5 heteroatoms. The number of carboxylic acids is 1. The molecule has 2 aromatic rings. The monoisotopic (exact) mass is 221 g/mol. The lowest BCUT2D eigenvalue weighted by molar-refractivity contribution is 0.0696. The van der Waals surface area contributed by atoms with Gasteiger partial charge in [0, 0.05) is 4.90 Å². The second kappa shape index (κ2) is 4.18. The Bertz CT molecular complexity index is 467. The highest BCUT2D eigenvalue weighted by Crippen LogP contribution is 2.26. The molecule has 0 radical (unpaired) electrons. The molecule has 76 valence electrons. The summed E-state index contributed by atoms with van der Waals surface area (Å²) in [6, 6.07) is 6.62. The first-order chi connectivity index (χ1) is 7.25. The topological polar surface area (TPSA) is 63.3 Å². The Morgan fingerprint density at radius 2 is 2.33 bits per heavy atom. The van der Waals surface area contributed by atoms with E-state index in [1.165, 1.54) is 18.0 Å². The van der Waals surface area contributed by atoms with Gasteiger partial charge in [-0.15, -0.1) is 0 Å². The predicted molar refractivity (Wildman–Crippen MR) is 54.0 cm³/mol. The molecule has 1 aromatic heterocycles. The normalized spacial score (nSPS) is 10.1. The highest BCUT2D eigenvalue weighted by Gasteiger charge is 2.05. The summed E-state index contributed by atoms with van der Waals surface area (Å²) in [5.41, 5.74) is 0.256. The summed E-state index contributed by atoms with van der Waals surface area (Å²) in [5.74, 6) is -0.940. The molecule has 0 aliphatic heterocycles. The quantitative estimate of drug-likeness (QED) is 0.862. The average Bonchev–Trinajstić information content (AvgIpc) is 2.71. The fraction of sp³-hybridized carbons (Fsp3) is 0. The molecule has 0 aliphatic carbocycles. The largest absolute Gasteiger partial charge is 0.478 e. The van der Waals surface area contributed by atoms with Crippen molar-refractivity contribution in [1.82, 2.24) is 4.98 Å². The van der Waals surface area contributed by atoms with E-state index in [9.17, 15) is 4.79 Å². The average molecular weight is 221 g/mol. The number of benzene rings is 1. The van der Waals surface area contributed by atoms with Crippen molar-refractivity contribution in [2.75, 3.05) is 0 Å². The fourth-order valence-electron chi connectivity index (χ4n) is 1.05. The summed E-state index contributed by atoms with van der Waals surface area (Å²) in [5, 5.41) is 9.28. The van der Waals surface area contributed by atoms with Gasteiger partial charge in [0.05, 0.1) is 11.8 Å². The van der Waals surface area contributed by atoms with Crippen LogP contribution in [-0.4, -0.2) is 16.1 Å². The third-order valence-corrected chi connectivity index (χ3v) is 2.56. The Hall–Kier alpha value is -1.75. The van der Waals surface area contributed by atoms with E-state index in [0.717, 1.165) is 4.90 Å². The first-order valence-electron chi connectivity index (χ1n) is 4.16. The van der Waals surface area contributed by atoms with Crippen LogP contribution in [0.4, 0.5) is 0 Å². The van der Waals surface area contributed by atoms with Gasteiger partial charge in [-0.05, 0) is 30.0 Å². The number of oxazole rings is 1. The van der Waals surface area contributed by atoms with Gasteiger partial charge >= 0.3 is 5.97 Å². The number of carboxylic acid groups (broad SMARTS) is 1. The van der Waals surface area contributed by atoms with Crippen molar-refractivity contribution in [2.45, 2.75) is 10.1 Å². The molecule has 4 nitrogen and oxygen atoms in total. The molecule has 1 aromatic carbocycles. The van der Waals surface area contributed by atoms with Gasteiger partial charge in [0.15, 0.2) is 0 Å². The molecular weight excluding hydrogens is 214 g/mol. The fourth-order valence-corrected chi connectivity index (χ4v) is 1.81. The van der Waals surface area contributed by atoms with Crippen molar-refractivity contribution in [2.24, 2.45) is 0 Å². The smallest absolute Gasteiger partial charge is 0.335 e. The Morgan fingerprint density at radius 3 is 3.00 bits per heavy atom. The maximum atomic E-state index is 10.7. The Morgan fingerprint density at radius 1 is 1.47 bits per heavy atom. The SMILES string of the molecule is O=C(O)c1cccc(Sc2ncco2)c1. The standard InChI is InChI=1S/C10H7NO3S/c12-9(13)7-2-1-3-8(6-7)15-10-11-4-5-14-10/h1-6H,(H,12,13). The Kier molecular flexibility index (Phi) is 2.73. The zero-order valence-electron chi connectivity index (χ0n) is 7.58.